The molecule has 0 saturated carbocycles. The fraction of sp³-hybridized carbons (Fsp3) is 0.556. The Hall–Kier alpha value is -2.04. The maximum atomic E-state index is 11.8. The van der Waals surface area contributed by atoms with Gasteiger partial charge in [-0.2, -0.15) is 4.79 Å². The van der Waals surface area contributed by atoms with Crippen molar-refractivity contribution >= 4 is 12.1 Å². The lowest BCUT2D eigenvalue weighted by molar-refractivity contribution is -0.204. The molecule has 0 bridgehead atoms. The molecule has 1 unspecified atom stereocenters. The fourth-order valence-electron chi connectivity index (χ4n) is 2.12. The van der Waals surface area contributed by atoms with Gasteiger partial charge in [0.05, 0.1) is 12.2 Å². The van der Waals surface area contributed by atoms with Gasteiger partial charge >= 0.3 is 12.1 Å². The predicted octanol–water partition coefficient (Wildman–Crippen LogP) is 4.69. The van der Waals surface area contributed by atoms with Crippen LogP contribution in [0.25, 0.3) is 0 Å². The Kier molecular flexibility index (Phi) is 8.80. The molecule has 5 nitrogen and oxygen atoms in total. The van der Waals surface area contributed by atoms with Crippen LogP contribution in [-0.2, 0) is 20.9 Å². The van der Waals surface area contributed by atoms with Gasteiger partial charge in [-0.25, -0.2) is 14.6 Å². The second-order valence-corrected chi connectivity index (χ2v) is 5.71. The first-order valence-corrected chi connectivity index (χ1v) is 8.21. The van der Waals surface area contributed by atoms with Crippen molar-refractivity contribution in [3.8, 4) is 0 Å². The largest absolute Gasteiger partial charge is 0.549 e. The lowest BCUT2D eigenvalue weighted by Gasteiger charge is -2.09. The average Bonchev–Trinajstić information content (AvgIpc) is 2.56. The van der Waals surface area contributed by atoms with Crippen molar-refractivity contribution in [1.29, 1.82) is 0 Å². The van der Waals surface area contributed by atoms with E-state index in [0.717, 1.165) is 37.7 Å². The summed E-state index contributed by atoms with van der Waals surface area (Å²) in [5.41, 5.74) is 1.49. The van der Waals surface area contributed by atoms with E-state index in [9.17, 15) is 9.59 Å². The lowest BCUT2D eigenvalue weighted by Crippen LogP contribution is -2.16. The van der Waals surface area contributed by atoms with Crippen LogP contribution in [-0.4, -0.2) is 18.7 Å². The van der Waals surface area contributed by atoms with Gasteiger partial charge in [0.15, 0.2) is 0 Å². The molecule has 0 heterocycles. The summed E-state index contributed by atoms with van der Waals surface area (Å²) in [5.74, 6) is -0.468. The van der Waals surface area contributed by atoms with Crippen molar-refractivity contribution in [2.24, 2.45) is 5.92 Å². The first-order valence-electron chi connectivity index (χ1n) is 8.21. The number of benzene rings is 1. The average molecular weight is 322 g/mol. The van der Waals surface area contributed by atoms with Gasteiger partial charge in [0.1, 0.15) is 0 Å². The molecule has 0 fully saturated rings. The number of carbonyl (C=O) groups is 2. The van der Waals surface area contributed by atoms with Crippen LogP contribution >= 0.6 is 0 Å². The molecule has 1 aromatic rings. The van der Waals surface area contributed by atoms with Crippen LogP contribution in [0.2, 0.25) is 0 Å². The standard InChI is InChI=1S/C18H26O5/c1-4-6-8-15-9-11-16(12-10-15)17(19)22-23-18(20)21-13-14(3)7-5-2/h9-12,14H,4-8,13H2,1-3H3. The van der Waals surface area contributed by atoms with Crippen LogP contribution in [0.4, 0.5) is 4.79 Å². The molecule has 0 aliphatic rings. The second kappa shape index (κ2) is 10.6. The van der Waals surface area contributed by atoms with Crippen molar-refractivity contribution in [2.45, 2.75) is 52.9 Å². The number of carbonyl (C=O) groups excluding carboxylic acids is 2. The van der Waals surface area contributed by atoms with E-state index >= 15 is 0 Å². The van der Waals surface area contributed by atoms with E-state index in [-0.39, 0.29) is 12.5 Å². The van der Waals surface area contributed by atoms with Crippen molar-refractivity contribution < 1.29 is 24.1 Å². The molecule has 5 heteroatoms. The third-order valence-corrected chi connectivity index (χ3v) is 3.46. The van der Waals surface area contributed by atoms with Gasteiger partial charge in [-0.3, -0.25) is 0 Å². The molecule has 0 aromatic heterocycles. The highest BCUT2D eigenvalue weighted by atomic mass is 17.2. The minimum atomic E-state index is -0.999. The number of unbranched alkanes of at least 4 members (excludes halogenated alkanes) is 1. The van der Waals surface area contributed by atoms with Crippen LogP contribution in [0.5, 0.6) is 0 Å². The van der Waals surface area contributed by atoms with Crippen LogP contribution < -0.4 is 0 Å². The summed E-state index contributed by atoms with van der Waals surface area (Å²) in [6.45, 7) is 6.41. The number of rotatable bonds is 8. The van der Waals surface area contributed by atoms with Crippen molar-refractivity contribution in [3.63, 3.8) is 0 Å². The van der Waals surface area contributed by atoms with Gasteiger partial charge < -0.3 is 4.74 Å². The molecular formula is C18H26O5. The summed E-state index contributed by atoms with van der Waals surface area (Å²) in [7, 11) is 0. The Morgan fingerprint density at radius 2 is 1.74 bits per heavy atom. The highest BCUT2D eigenvalue weighted by Gasteiger charge is 2.14. The Morgan fingerprint density at radius 1 is 1.04 bits per heavy atom. The zero-order valence-corrected chi connectivity index (χ0v) is 14.2. The minimum Gasteiger partial charge on any atom is -0.431 e. The second-order valence-electron chi connectivity index (χ2n) is 5.71. The minimum absolute atomic E-state index is 0.246. The van der Waals surface area contributed by atoms with Gasteiger partial charge in [0.2, 0.25) is 0 Å². The molecule has 0 aliphatic carbocycles. The number of hydrogen-bond acceptors (Lipinski definition) is 5. The SMILES string of the molecule is CCCCc1ccc(C(=O)OOC(=O)OCC(C)CCC)cc1. The van der Waals surface area contributed by atoms with E-state index < -0.39 is 12.1 Å². The molecule has 23 heavy (non-hydrogen) atoms. The molecule has 0 amide bonds. The molecule has 1 aromatic carbocycles. The lowest BCUT2D eigenvalue weighted by atomic mass is 10.1. The summed E-state index contributed by atoms with van der Waals surface area (Å²) in [6, 6.07) is 7.06. The van der Waals surface area contributed by atoms with E-state index in [4.69, 9.17) is 4.74 Å². The maximum Gasteiger partial charge on any atom is 0.549 e. The van der Waals surface area contributed by atoms with Gasteiger partial charge in [0, 0.05) is 0 Å². The summed E-state index contributed by atoms with van der Waals surface area (Å²) in [4.78, 5) is 32.0. The summed E-state index contributed by atoms with van der Waals surface area (Å²) >= 11 is 0. The van der Waals surface area contributed by atoms with Crippen molar-refractivity contribution in [1.82, 2.24) is 0 Å². The highest BCUT2D eigenvalue weighted by molar-refractivity contribution is 5.89. The van der Waals surface area contributed by atoms with Gasteiger partial charge in [-0.05, 0) is 42.9 Å². The van der Waals surface area contributed by atoms with Crippen molar-refractivity contribution in [2.75, 3.05) is 6.61 Å². The molecule has 128 valence electrons. The number of aryl methyl sites for hydroxylation is 1. The van der Waals surface area contributed by atoms with Gasteiger partial charge in [-0.1, -0.05) is 45.7 Å². The number of ether oxygens (including phenoxy) is 1. The van der Waals surface area contributed by atoms with E-state index in [2.05, 4.69) is 23.6 Å². The number of hydrogen-bond donors (Lipinski definition) is 0. The third kappa shape index (κ3) is 7.68. The van der Waals surface area contributed by atoms with E-state index in [1.54, 1.807) is 12.1 Å². The summed E-state index contributed by atoms with van der Waals surface area (Å²) in [6.07, 6.45) is 4.18. The predicted molar refractivity (Wildman–Crippen MR) is 87.0 cm³/mol. The van der Waals surface area contributed by atoms with Crippen LogP contribution in [0.15, 0.2) is 24.3 Å². The van der Waals surface area contributed by atoms with Gasteiger partial charge in [0.25, 0.3) is 0 Å². The van der Waals surface area contributed by atoms with E-state index in [1.807, 2.05) is 19.1 Å². The zero-order valence-electron chi connectivity index (χ0n) is 14.2. The Balaban J connectivity index is 2.34. The fourth-order valence-corrected chi connectivity index (χ4v) is 2.12. The normalized spacial score (nSPS) is 11.6. The molecule has 1 atom stereocenters. The van der Waals surface area contributed by atoms with E-state index in [0.29, 0.717) is 5.56 Å². The molecular weight excluding hydrogens is 296 g/mol. The summed E-state index contributed by atoms with van der Waals surface area (Å²) < 4.78 is 4.87. The molecule has 1 rings (SSSR count). The topological polar surface area (TPSA) is 61.8 Å². The van der Waals surface area contributed by atoms with Crippen molar-refractivity contribution in [3.05, 3.63) is 35.4 Å². The molecule has 0 radical (unpaired) electrons. The summed E-state index contributed by atoms with van der Waals surface area (Å²) in [5, 5.41) is 0. The molecule has 0 saturated heterocycles. The molecule has 0 N–H and O–H groups in total. The molecule has 0 aliphatic heterocycles. The van der Waals surface area contributed by atoms with Gasteiger partial charge in [-0.15, -0.1) is 0 Å². The van der Waals surface area contributed by atoms with Crippen LogP contribution in [0, 0.1) is 5.92 Å². The monoisotopic (exact) mass is 322 g/mol. The Bertz CT molecular complexity index is 481. The zero-order chi connectivity index (χ0) is 17.1. The Morgan fingerprint density at radius 3 is 2.35 bits per heavy atom. The first kappa shape index (κ1) is 19.0. The molecule has 0 spiro atoms. The van der Waals surface area contributed by atoms with E-state index in [1.165, 1.54) is 0 Å². The maximum absolute atomic E-state index is 11.8. The smallest absolute Gasteiger partial charge is 0.431 e. The quantitative estimate of drug-likeness (QED) is 0.395. The van der Waals surface area contributed by atoms with Crippen LogP contribution in [0.1, 0.15) is 62.4 Å². The third-order valence-electron chi connectivity index (χ3n) is 3.46. The Labute approximate surface area is 137 Å². The van der Waals surface area contributed by atoms with Crippen LogP contribution in [0.3, 0.4) is 0 Å². The first-order chi connectivity index (χ1) is 11.1. The highest BCUT2D eigenvalue weighted by Crippen LogP contribution is 2.10.